The minimum Gasteiger partial charge on any atom is -0.462 e. The van der Waals surface area contributed by atoms with Gasteiger partial charge in [0.1, 0.15) is 13.2 Å². The molecule has 0 heterocycles. The Balaban J connectivity index is 4.54. The molecule has 0 aliphatic heterocycles. The topological polar surface area (TPSA) is 78.9 Å². The first kappa shape index (κ1) is 66.0. The smallest absolute Gasteiger partial charge is 0.306 e. The molecule has 0 saturated heterocycles. The molecule has 0 aliphatic rings. The molecule has 0 N–H and O–H groups in total. The molecule has 0 aliphatic carbocycles. The Morgan fingerprint density at radius 2 is 0.577 bits per heavy atom. The van der Waals surface area contributed by atoms with Crippen LogP contribution in [0.3, 0.4) is 0 Å². The van der Waals surface area contributed by atoms with Crippen LogP contribution >= 0.6 is 0 Å². The predicted molar refractivity (Wildman–Crippen MR) is 306 cm³/mol. The maximum atomic E-state index is 12.8. The molecule has 0 rings (SSSR count). The Hall–Kier alpha value is -4.97. The van der Waals surface area contributed by atoms with E-state index in [0.717, 1.165) is 141 Å². The highest BCUT2D eigenvalue weighted by Gasteiger charge is 2.19. The molecule has 0 amide bonds. The van der Waals surface area contributed by atoms with Crippen molar-refractivity contribution in [1.29, 1.82) is 0 Å². The Morgan fingerprint density at radius 3 is 0.930 bits per heavy atom. The van der Waals surface area contributed by atoms with Crippen molar-refractivity contribution in [2.24, 2.45) is 0 Å². The van der Waals surface area contributed by atoms with Crippen molar-refractivity contribution in [2.75, 3.05) is 13.2 Å². The molecule has 0 bridgehead atoms. The van der Waals surface area contributed by atoms with Crippen LogP contribution in [0.5, 0.6) is 0 Å². The van der Waals surface area contributed by atoms with Gasteiger partial charge in [0.2, 0.25) is 0 Å². The van der Waals surface area contributed by atoms with Crippen LogP contribution in [0, 0.1) is 0 Å². The Bertz CT molecular complexity index is 1640. The van der Waals surface area contributed by atoms with Crippen molar-refractivity contribution >= 4 is 17.9 Å². The van der Waals surface area contributed by atoms with Gasteiger partial charge in [-0.05, 0) is 128 Å². The van der Waals surface area contributed by atoms with Crippen LogP contribution < -0.4 is 0 Å². The van der Waals surface area contributed by atoms with Gasteiger partial charge >= 0.3 is 17.9 Å². The molecule has 0 aromatic rings. The summed E-state index contributed by atoms with van der Waals surface area (Å²) in [5.74, 6) is -1.06. The number of unbranched alkanes of at least 4 members (excludes halogenated alkanes) is 11. The molecule has 396 valence electrons. The summed E-state index contributed by atoms with van der Waals surface area (Å²) in [5.41, 5.74) is 0. The van der Waals surface area contributed by atoms with E-state index < -0.39 is 12.1 Å². The minimum absolute atomic E-state index is 0.128. The standard InChI is InChI=1S/C65H100O6/c1-4-7-10-13-16-19-22-24-26-28-30-31-32-33-35-36-38-40-43-46-49-52-55-58-64(67)70-61-62(60-69-63(66)57-54-51-48-45-42-21-18-15-12-9-6-3)71-65(68)59-56-53-50-47-44-41-39-37-34-29-27-25-23-20-17-14-11-8-5-2/h7-8,10-11,15-20,24-27,30-31,33-35,37-38,40-41,44,50,53,62H,4-6,9,12-14,21-23,28-29,32,36,39,42-43,45-49,51-52,54-61H2,1-3H3/b10-7-,11-8-,18-15-,19-16-,20-17-,26-24-,27-25-,31-30-,35-33-,37-34-,40-38-,44-41-,53-50-. The van der Waals surface area contributed by atoms with Gasteiger partial charge in [-0.2, -0.15) is 0 Å². The molecule has 1 unspecified atom stereocenters. The third kappa shape index (κ3) is 55.8. The number of ether oxygens (including phenoxy) is 3. The summed E-state index contributed by atoms with van der Waals surface area (Å²) in [5, 5.41) is 0. The number of rotatable bonds is 48. The molecule has 0 fully saturated rings. The summed E-state index contributed by atoms with van der Waals surface area (Å²) in [4.78, 5) is 38.1. The normalized spacial score (nSPS) is 13.3. The number of allylic oxidation sites excluding steroid dienone is 26. The summed E-state index contributed by atoms with van der Waals surface area (Å²) in [6, 6.07) is 0. The molecular formula is C65H100O6. The lowest BCUT2D eigenvalue weighted by Gasteiger charge is -2.18. The van der Waals surface area contributed by atoms with Gasteiger partial charge in [0.15, 0.2) is 6.10 Å². The van der Waals surface area contributed by atoms with E-state index in [4.69, 9.17) is 14.2 Å². The summed E-state index contributed by atoms with van der Waals surface area (Å²) in [7, 11) is 0. The molecule has 0 radical (unpaired) electrons. The second-order valence-electron chi connectivity index (χ2n) is 17.7. The van der Waals surface area contributed by atoms with Gasteiger partial charge in [0.25, 0.3) is 0 Å². The second kappa shape index (κ2) is 57.6. The Labute approximate surface area is 435 Å². The van der Waals surface area contributed by atoms with Gasteiger partial charge in [-0.25, -0.2) is 0 Å². The number of carbonyl (C=O) groups is 3. The van der Waals surface area contributed by atoms with E-state index in [-0.39, 0.29) is 31.6 Å². The van der Waals surface area contributed by atoms with Crippen molar-refractivity contribution in [3.05, 3.63) is 158 Å². The van der Waals surface area contributed by atoms with Gasteiger partial charge in [0, 0.05) is 19.3 Å². The van der Waals surface area contributed by atoms with E-state index >= 15 is 0 Å². The first-order valence-corrected chi connectivity index (χ1v) is 28.0. The van der Waals surface area contributed by atoms with Crippen molar-refractivity contribution in [3.8, 4) is 0 Å². The zero-order chi connectivity index (χ0) is 51.4. The van der Waals surface area contributed by atoms with Crippen molar-refractivity contribution in [1.82, 2.24) is 0 Å². The maximum Gasteiger partial charge on any atom is 0.306 e. The van der Waals surface area contributed by atoms with Gasteiger partial charge in [0.05, 0.1) is 0 Å². The minimum atomic E-state index is -0.840. The number of carbonyl (C=O) groups excluding carboxylic acids is 3. The quantitative estimate of drug-likeness (QED) is 0.0262. The van der Waals surface area contributed by atoms with Crippen LogP contribution in [0.4, 0.5) is 0 Å². The molecule has 0 aromatic heterocycles. The fourth-order valence-electron chi connectivity index (χ4n) is 6.86. The first-order valence-electron chi connectivity index (χ1n) is 28.0. The van der Waals surface area contributed by atoms with Crippen molar-refractivity contribution in [2.45, 2.75) is 219 Å². The fraction of sp³-hybridized carbons (Fsp3) is 0.554. The molecule has 71 heavy (non-hydrogen) atoms. The van der Waals surface area contributed by atoms with E-state index in [1.165, 1.54) is 25.7 Å². The number of esters is 3. The average Bonchev–Trinajstić information content (AvgIpc) is 3.37. The van der Waals surface area contributed by atoms with Crippen LogP contribution in [-0.2, 0) is 28.6 Å². The van der Waals surface area contributed by atoms with E-state index in [1.54, 1.807) is 0 Å². The summed E-state index contributed by atoms with van der Waals surface area (Å²) in [6.45, 7) is 6.26. The molecule has 0 aromatic carbocycles. The third-order valence-electron chi connectivity index (χ3n) is 11.0. The summed E-state index contributed by atoms with van der Waals surface area (Å²) >= 11 is 0. The lowest BCUT2D eigenvalue weighted by atomic mass is 10.1. The number of hydrogen-bond donors (Lipinski definition) is 0. The summed E-state index contributed by atoms with van der Waals surface area (Å²) < 4.78 is 16.7. The highest BCUT2D eigenvalue weighted by molar-refractivity contribution is 5.71. The second-order valence-corrected chi connectivity index (χ2v) is 17.7. The maximum absolute atomic E-state index is 12.8. The van der Waals surface area contributed by atoms with Gasteiger partial charge in [-0.15, -0.1) is 0 Å². The third-order valence-corrected chi connectivity index (χ3v) is 11.0. The van der Waals surface area contributed by atoms with Crippen molar-refractivity contribution in [3.63, 3.8) is 0 Å². The first-order chi connectivity index (χ1) is 35.0. The van der Waals surface area contributed by atoms with Crippen LogP contribution in [0.15, 0.2) is 158 Å². The van der Waals surface area contributed by atoms with E-state index in [2.05, 4.69) is 167 Å². The highest BCUT2D eigenvalue weighted by atomic mass is 16.6. The Morgan fingerprint density at radius 1 is 0.296 bits per heavy atom. The zero-order valence-electron chi connectivity index (χ0n) is 45.2. The van der Waals surface area contributed by atoms with Crippen LogP contribution in [0.1, 0.15) is 213 Å². The zero-order valence-corrected chi connectivity index (χ0v) is 45.2. The molecule has 6 nitrogen and oxygen atoms in total. The Kier molecular flexibility index (Phi) is 53.6. The lowest BCUT2D eigenvalue weighted by molar-refractivity contribution is -0.166. The monoisotopic (exact) mass is 977 g/mol. The molecule has 1 atom stereocenters. The lowest BCUT2D eigenvalue weighted by Crippen LogP contribution is -2.30. The van der Waals surface area contributed by atoms with E-state index in [1.807, 2.05) is 12.2 Å². The average molecular weight is 978 g/mol. The summed E-state index contributed by atoms with van der Waals surface area (Å²) in [6.07, 6.45) is 83.9. The van der Waals surface area contributed by atoms with E-state index in [9.17, 15) is 14.4 Å². The molecule has 6 heteroatoms. The predicted octanol–water partition coefficient (Wildman–Crippen LogP) is 19.0. The fourth-order valence-corrected chi connectivity index (χ4v) is 6.86. The molecular weight excluding hydrogens is 877 g/mol. The molecule has 0 spiro atoms. The van der Waals surface area contributed by atoms with Gasteiger partial charge in [-0.1, -0.05) is 224 Å². The highest BCUT2D eigenvalue weighted by Crippen LogP contribution is 2.12. The van der Waals surface area contributed by atoms with Gasteiger partial charge in [-0.3, -0.25) is 14.4 Å². The van der Waals surface area contributed by atoms with Crippen molar-refractivity contribution < 1.29 is 28.6 Å². The number of hydrogen-bond acceptors (Lipinski definition) is 6. The van der Waals surface area contributed by atoms with Crippen LogP contribution in [0.25, 0.3) is 0 Å². The largest absolute Gasteiger partial charge is 0.462 e. The van der Waals surface area contributed by atoms with Crippen LogP contribution in [0.2, 0.25) is 0 Å². The molecule has 0 saturated carbocycles. The van der Waals surface area contributed by atoms with Gasteiger partial charge < -0.3 is 14.2 Å². The van der Waals surface area contributed by atoms with E-state index in [0.29, 0.717) is 19.3 Å². The van der Waals surface area contributed by atoms with Crippen LogP contribution in [-0.4, -0.2) is 37.2 Å². The SMILES string of the molecule is CC/C=C\C/C=C\C/C=C\C/C=C\C/C=C\C/C=C\CCCCCCC(=O)OCC(COC(=O)CCCCCCC/C=C\CCCC)OC(=O)CC/C=C\C/C=C\C/C=C\C/C=C\C/C=C\C/C=C\CC.